The lowest BCUT2D eigenvalue weighted by molar-refractivity contribution is -0.117. The molecule has 130 valence electrons. The molecule has 1 amide bonds. The van der Waals surface area contributed by atoms with E-state index in [2.05, 4.69) is 41.1 Å². The average Bonchev–Trinajstić information content (AvgIpc) is 3.05. The molecule has 0 unspecified atom stereocenters. The lowest BCUT2D eigenvalue weighted by Gasteiger charge is -2.24. The first kappa shape index (κ1) is 17.8. The lowest BCUT2D eigenvalue weighted by atomic mass is 10.1. The number of benzene rings is 2. The number of aryl methyl sites for hydroxylation is 1. The average molecular weight is 353 g/mol. The molecule has 0 aliphatic heterocycles. The first-order chi connectivity index (χ1) is 12.2. The van der Waals surface area contributed by atoms with E-state index in [0.29, 0.717) is 12.6 Å². The van der Waals surface area contributed by atoms with Gasteiger partial charge < -0.3 is 5.32 Å². The van der Waals surface area contributed by atoms with Crippen molar-refractivity contribution in [3.8, 4) is 0 Å². The molecule has 0 bridgehead atoms. The summed E-state index contributed by atoms with van der Waals surface area (Å²) in [5, 5.41) is 3.06. The molecular formula is C21H24N2OS. The lowest BCUT2D eigenvalue weighted by Crippen LogP contribution is -2.32. The minimum atomic E-state index is 0.0264. The molecule has 2 aromatic rings. The van der Waals surface area contributed by atoms with Crippen LogP contribution in [-0.4, -0.2) is 30.2 Å². The van der Waals surface area contributed by atoms with Crippen LogP contribution in [-0.2, 0) is 11.2 Å². The third-order valence-corrected chi connectivity index (χ3v) is 5.61. The number of rotatable bonds is 7. The van der Waals surface area contributed by atoms with Crippen LogP contribution in [0.5, 0.6) is 0 Å². The molecule has 0 heterocycles. The smallest absolute Gasteiger partial charge is 0.238 e. The van der Waals surface area contributed by atoms with Gasteiger partial charge in [-0.25, -0.2) is 0 Å². The summed E-state index contributed by atoms with van der Waals surface area (Å²) < 4.78 is 0. The Labute approximate surface area is 154 Å². The first-order valence-corrected chi connectivity index (χ1v) is 9.58. The summed E-state index contributed by atoms with van der Waals surface area (Å²) in [5.41, 5.74) is 3.64. The van der Waals surface area contributed by atoms with Crippen LogP contribution in [0.3, 0.4) is 0 Å². The molecule has 25 heavy (non-hydrogen) atoms. The fourth-order valence-electron chi connectivity index (χ4n) is 3.36. The van der Waals surface area contributed by atoms with Crippen molar-refractivity contribution in [3.05, 3.63) is 72.3 Å². The monoisotopic (exact) mass is 352 g/mol. The molecule has 1 atom stereocenters. The van der Waals surface area contributed by atoms with Crippen molar-refractivity contribution in [3.63, 3.8) is 0 Å². The van der Waals surface area contributed by atoms with E-state index >= 15 is 0 Å². The van der Waals surface area contributed by atoms with Crippen molar-refractivity contribution in [2.45, 2.75) is 23.8 Å². The molecule has 0 fully saturated rings. The molecule has 1 aliphatic carbocycles. The van der Waals surface area contributed by atoms with Crippen LogP contribution in [0.25, 0.3) is 0 Å². The summed E-state index contributed by atoms with van der Waals surface area (Å²) in [6.45, 7) is 4.14. The fourth-order valence-corrected chi connectivity index (χ4v) is 4.11. The predicted molar refractivity (Wildman–Crippen MR) is 106 cm³/mol. The van der Waals surface area contributed by atoms with Gasteiger partial charge in [-0.15, -0.1) is 18.3 Å². The number of nitrogens with one attached hydrogen (secondary N) is 1. The van der Waals surface area contributed by atoms with Gasteiger partial charge in [0.25, 0.3) is 0 Å². The standard InChI is InChI=1S/C21H24N2OS/c1-3-14-25-20-11-7-6-10-18(20)22-21(24)15-23(2)19-13-12-16-8-4-5-9-17(16)19/h3-11,19H,1,12-15H2,2H3,(H,22,24)/t19-/m1/s1. The van der Waals surface area contributed by atoms with Crippen LogP contribution < -0.4 is 5.32 Å². The van der Waals surface area contributed by atoms with Crippen LogP contribution in [0.1, 0.15) is 23.6 Å². The molecule has 4 heteroatoms. The maximum atomic E-state index is 12.5. The highest BCUT2D eigenvalue weighted by Crippen LogP contribution is 2.34. The molecule has 0 spiro atoms. The Hall–Kier alpha value is -2.04. The van der Waals surface area contributed by atoms with Gasteiger partial charge in [-0.1, -0.05) is 42.5 Å². The Balaban J connectivity index is 1.63. The summed E-state index contributed by atoms with van der Waals surface area (Å²) in [6, 6.07) is 16.8. The highest BCUT2D eigenvalue weighted by Gasteiger charge is 2.26. The second kappa shape index (κ2) is 8.37. The van der Waals surface area contributed by atoms with Crippen molar-refractivity contribution in [1.29, 1.82) is 0 Å². The molecule has 3 rings (SSSR count). The Kier molecular flexibility index (Phi) is 5.95. The molecule has 0 saturated heterocycles. The van der Waals surface area contributed by atoms with E-state index in [9.17, 15) is 4.79 Å². The number of thioether (sulfide) groups is 1. The number of likely N-dealkylation sites (N-methyl/N-ethyl adjacent to an activating group) is 1. The van der Waals surface area contributed by atoms with E-state index in [1.807, 2.05) is 37.4 Å². The Bertz CT molecular complexity index is 759. The maximum Gasteiger partial charge on any atom is 0.238 e. The number of para-hydroxylation sites is 1. The second-order valence-corrected chi connectivity index (χ2v) is 7.37. The summed E-state index contributed by atoms with van der Waals surface area (Å²) in [6.07, 6.45) is 4.04. The van der Waals surface area contributed by atoms with Crippen LogP contribution >= 0.6 is 11.8 Å². The quantitative estimate of drug-likeness (QED) is 0.587. The molecule has 3 nitrogen and oxygen atoms in total. The molecule has 0 saturated carbocycles. The highest BCUT2D eigenvalue weighted by atomic mass is 32.2. The molecule has 0 aromatic heterocycles. The van der Waals surface area contributed by atoms with Crippen LogP contribution in [0.2, 0.25) is 0 Å². The van der Waals surface area contributed by atoms with Gasteiger partial charge in [0.1, 0.15) is 0 Å². The van der Waals surface area contributed by atoms with Gasteiger partial charge in [0, 0.05) is 16.7 Å². The number of carbonyl (C=O) groups is 1. The van der Waals surface area contributed by atoms with E-state index in [1.165, 1.54) is 11.1 Å². The SMILES string of the molecule is C=CCSc1ccccc1NC(=O)CN(C)[C@@H]1CCc2ccccc21. The summed E-state index contributed by atoms with van der Waals surface area (Å²) in [5.74, 6) is 0.851. The third kappa shape index (κ3) is 4.33. The summed E-state index contributed by atoms with van der Waals surface area (Å²) in [4.78, 5) is 15.8. The van der Waals surface area contributed by atoms with E-state index < -0.39 is 0 Å². The van der Waals surface area contributed by atoms with Crippen molar-refractivity contribution >= 4 is 23.4 Å². The van der Waals surface area contributed by atoms with Gasteiger partial charge >= 0.3 is 0 Å². The topological polar surface area (TPSA) is 32.3 Å². The molecule has 2 aromatic carbocycles. The fraction of sp³-hybridized carbons (Fsp3) is 0.286. The summed E-state index contributed by atoms with van der Waals surface area (Å²) in [7, 11) is 2.03. The number of hydrogen-bond acceptors (Lipinski definition) is 3. The van der Waals surface area contributed by atoms with Crippen molar-refractivity contribution < 1.29 is 4.79 Å². The van der Waals surface area contributed by atoms with Gasteiger partial charge in [-0.3, -0.25) is 9.69 Å². The van der Waals surface area contributed by atoms with Crippen LogP contribution in [0.4, 0.5) is 5.69 Å². The number of fused-ring (bicyclic) bond motifs is 1. The third-order valence-electron chi connectivity index (χ3n) is 4.54. The number of amides is 1. The largest absolute Gasteiger partial charge is 0.324 e. The normalized spacial score (nSPS) is 15.8. The van der Waals surface area contributed by atoms with Crippen LogP contribution in [0, 0.1) is 0 Å². The Morgan fingerprint density at radius 2 is 2.04 bits per heavy atom. The van der Waals surface area contributed by atoms with Crippen LogP contribution in [0.15, 0.2) is 66.1 Å². The minimum Gasteiger partial charge on any atom is -0.324 e. The van der Waals surface area contributed by atoms with Crippen molar-refractivity contribution in [2.24, 2.45) is 0 Å². The minimum absolute atomic E-state index is 0.0264. The molecule has 1 N–H and O–H groups in total. The predicted octanol–water partition coefficient (Wildman–Crippen LogP) is 4.52. The first-order valence-electron chi connectivity index (χ1n) is 8.59. The molecule has 0 radical (unpaired) electrons. The van der Waals surface area contributed by atoms with Crippen molar-refractivity contribution in [1.82, 2.24) is 4.90 Å². The van der Waals surface area contributed by atoms with E-state index in [-0.39, 0.29) is 5.91 Å². The van der Waals surface area contributed by atoms with E-state index in [4.69, 9.17) is 0 Å². The highest BCUT2D eigenvalue weighted by molar-refractivity contribution is 7.99. The zero-order chi connectivity index (χ0) is 17.6. The second-order valence-electron chi connectivity index (χ2n) is 6.31. The van der Waals surface area contributed by atoms with Gasteiger partial charge in [0.05, 0.1) is 12.2 Å². The number of carbonyl (C=O) groups excluding carboxylic acids is 1. The summed E-state index contributed by atoms with van der Waals surface area (Å²) >= 11 is 1.68. The zero-order valence-corrected chi connectivity index (χ0v) is 15.4. The van der Waals surface area contributed by atoms with Gasteiger partial charge in [0.2, 0.25) is 5.91 Å². The molecule has 1 aliphatic rings. The Morgan fingerprint density at radius 3 is 2.88 bits per heavy atom. The van der Waals surface area contributed by atoms with Crippen molar-refractivity contribution in [2.75, 3.05) is 24.7 Å². The van der Waals surface area contributed by atoms with Gasteiger partial charge in [0.15, 0.2) is 0 Å². The number of anilines is 1. The van der Waals surface area contributed by atoms with E-state index in [1.54, 1.807) is 11.8 Å². The van der Waals surface area contributed by atoms with Gasteiger partial charge in [-0.05, 0) is 43.1 Å². The Morgan fingerprint density at radius 1 is 1.28 bits per heavy atom. The number of hydrogen-bond donors (Lipinski definition) is 1. The van der Waals surface area contributed by atoms with Gasteiger partial charge in [-0.2, -0.15) is 0 Å². The molecular weight excluding hydrogens is 328 g/mol. The van der Waals surface area contributed by atoms with E-state index in [0.717, 1.165) is 29.2 Å². The zero-order valence-electron chi connectivity index (χ0n) is 14.6. The maximum absolute atomic E-state index is 12.5. The number of nitrogens with zero attached hydrogens (tertiary/aromatic N) is 1.